The number of aromatic nitrogens is 4. The normalized spacial score (nSPS) is 21.2. The van der Waals surface area contributed by atoms with Gasteiger partial charge in [-0.05, 0) is 44.1 Å². The van der Waals surface area contributed by atoms with Crippen molar-refractivity contribution in [1.29, 1.82) is 5.26 Å². The van der Waals surface area contributed by atoms with Crippen molar-refractivity contribution in [1.82, 2.24) is 29.2 Å². The first-order chi connectivity index (χ1) is 19.8. The van der Waals surface area contributed by atoms with Crippen LogP contribution in [-0.2, 0) is 14.8 Å². The van der Waals surface area contributed by atoms with Crippen LogP contribution in [0.15, 0.2) is 23.4 Å². The maximum absolute atomic E-state index is 13.6. The second kappa shape index (κ2) is 10.2. The van der Waals surface area contributed by atoms with Crippen molar-refractivity contribution in [2.45, 2.75) is 75.8 Å². The standard InChI is InChI=1S/C27H32F2N8O3S2/c1-16(2)10-17-13-35(8-9-36(17)25(38)26(3)4-5-26)19-11-18(42(39,40)34-27(15-30)6-7-27)14-37-20(19)12-31-22(37)24-33-32-23(41-24)21(28)29/h11-12,14,16-17,21,34H,4-10,13H2,1-3H3/t17-/m1/s1. The van der Waals surface area contributed by atoms with E-state index >= 15 is 0 Å². The van der Waals surface area contributed by atoms with Gasteiger partial charge in [0.2, 0.25) is 15.9 Å². The zero-order valence-corrected chi connectivity index (χ0v) is 25.2. The fourth-order valence-electron chi connectivity index (χ4n) is 5.54. The molecule has 0 radical (unpaired) electrons. The minimum absolute atomic E-state index is 0.0745. The molecule has 3 aromatic rings. The highest BCUT2D eigenvalue weighted by atomic mass is 32.2. The zero-order chi connectivity index (χ0) is 30.0. The summed E-state index contributed by atoms with van der Waals surface area (Å²) in [5.74, 6) is 0.683. The molecule has 0 aromatic carbocycles. The van der Waals surface area contributed by atoms with E-state index in [2.05, 4.69) is 44.7 Å². The van der Waals surface area contributed by atoms with Gasteiger partial charge in [0.1, 0.15) is 10.4 Å². The third-order valence-corrected chi connectivity index (χ3v) is 10.8. The minimum atomic E-state index is -4.14. The number of imidazole rings is 1. The topological polar surface area (TPSA) is 137 Å². The number of halogens is 2. The van der Waals surface area contributed by atoms with Gasteiger partial charge in [-0.2, -0.15) is 9.98 Å². The molecule has 2 saturated carbocycles. The molecular weight excluding hydrogens is 586 g/mol. The van der Waals surface area contributed by atoms with Gasteiger partial charge in [-0.25, -0.2) is 22.2 Å². The Morgan fingerprint density at radius 1 is 1.24 bits per heavy atom. The molecule has 0 spiro atoms. The zero-order valence-electron chi connectivity index (χ0n) is 23.5. The summed E-state index contributed by atoms with van der Waals surface area (Å²) in [7, 11) is -4.14. The van der Waals surface area contributed by atoms with Gasteiger partial charge in [0, 0.05) is 37.3 Å². The minimum Gasteiger partial charge on any atom is -0.366 e. The van der Waals surface area contributed by atoms with Crippen LogP contribution in [0.5, 0.6) is 0 Å². The maximum Gasteiger partial charge on any atom is 0.291 e. The first-order valence-electron chi connectivity index (χ1n) is 14.0. The van der Waals surface area contributed by atoms with Gasteiger partial charge >= 0.3 is 0 Å². The van der Waals surface area contributed by atoms with Gasteiger partial charge in [-0.1, -0.05) is 32.1 Å². The molecule has 15 heteroatoms. The molecule has 3 fully saturated rings. The van der Waals surface area contributed by atoms with Crippen LogP contribution >= 0.6 is 11.3 Å². The molecular formula is C27H32F2N8O3S2. The molecule has 2 aliphatic carbocycles. The van der Waals surface area contributed by atoms with E-state index in [1.807, 2.05) is 11.8 Å². The number of nitriles is 1. The Labute approximate surface area is 246 Å². The van der Waals surface area contributed by atoms with Crippen molar-refractivity contribution in [3.63, 3.8) is 0 Å². The van der Waals surface area contributed by atoms with E-state index in [4.69, 9.17) is 0 Å². The Kier molecular flexibility index (Phi) is 7.01. The van der Waals surface area contributed by atoms with E-state index in [1.54, 1.807) is 12.3 Å². The van der Waals surface area contributed by atoms with E-state index in [0.29, 0.717) is 60.9 Å². The number of amides is 1. The SMILES string of the molecule is CC(C)C[C@@H]1CN(c2cc(S(=O)(=O)NC3(C#N)CC3)cn3c(-c4nnc(C(F)F)s4)ncc23)CCN1C(=O)C1(C)CC1. The number of fused-ring (bicyclic) bond motifs is 1. The first-order valence-corrected chi connectivity index (χ1v) is 16.3. The van der Waals surface area contributed by atoms with Gasteiger partial charge < -0.3 is 9.80 Å². The molecule has 0 bridgehead atoms. The third kappa shape index (κ3) is 5.24. The lowest BCUT2D eigenvalue weighted by atomic mass is 9.97. The van der Waals surface area contributed by atoms with Crippen LogP contribution in [0.25, 0.3) is 16.3 Å². The predicted octanol–water partition coefficient (Wildman–Crippen LogP) is 3.99. The average molecular weight is 619 g/mol. The van der Waals surface area contributed by atoms with Gasteiger partial charge in [-0.3, -0.25) is 9.20 Å². The molecule has 1 aliphatic heterocycles. The molecule has 0 unspecified atom stereocenters. The average Bonchev–Trinajstić information content (AvgIpc) is 3.76. The molecule has 11 nitrogen and oxygen atoms in total. The number of pyridine rings is 1. The van der Waals surface area contributed by atoms with Crippen LogP contribution in [0.1, 0.15) is 64.3 Å². The van der Waals surface area contributed by atoms with Crippen LogP contribution in [0.4, 0.5) is 14.5 Å². The Morgan fingerprint density at radius 3 is 2.57 bits per heavy atom. The quantitative estimate of drug-likeness (QED) is 0.380. The monoisotopic (exact) mass is 618 g/mol. The van der Waals surface area contributed by atoms with Gasteiger partial charge in [0.25, 0.3) is 6.43 Å². The fourth-order valence-corrected chi connectivity index (χ4v) is 7.62. The second-order valence-electron chi connectivity index (χ2n) is 12.2. The lowest BCUT2D eigenvalue weighted by molar-refractivity contribution is -0.139. The predicted molar refractivity (Wildman–Crippen MR) is 151 cm³/mol. The summed E-state index contributed by atoms with van der Waals surface area (Å²) in [6.07, 6.45) is 3.53. The number of hydrogen-bond donors (Lipinski definition) is 1. The number of piperazine rings is 1. The Morgan fingerprint density at radius 2 is 1.98 bits per heavy atom. The second-order valence-corrected chi connectivity index (χ2v) is 14.9. The van der Waals surface area contributed by atoms with Gasteiger partial charge in [0.05, 0.1) is 23.5 Å². The number of nitrogens with one attached hydrogen (secondary N) is 1. The van der Waals surface area contributed by atoms with Gasteiger partial charge in [0.15, 0.2) is 15.8 Å². The van der Waals surface area contributed by atoms with E-state index in [-0.39, 0.29) is 33.1 Å². The number of anilines is 1. The van der Waals surface area contributed by atoms with Crippen molar-refractivity contribution in [3.05, 3.63) is 23.5 Å². The molecule has 1 N–H and O–H groups in total. The molecule has 3 aromatic heterocycles. The maximum atomic E-state index is 13.6. The summed E-state index contributed by atoms with van der Waals surface area (Å²) in [5.41, 5.74) is -0.292. The first kappa shape index (κ1) is 28.9. The Bertz CT molecular complexity index is 1690. The summed E-state index contributed by atoms with van der Waals surface area (Å²) in [5, 5.41) is 16.7. The molecule has 42 heavy (non-hydrogen) atoms. The summed E-state index contributed by atoms with van der Waals surface area (Å²) < 4.78 is 57.8. The highest BCUT2D eigenvalue weighted by Gasteiger charge is 2.49. The molecule has 224 valence electrons. The number of hydrogen-bond acceptors (Lipinski definition) is 9. The van der Waals surface area contributed by atoms with Crippen molar-refractivity contribution >= 4 is 38.5 Å². The third-order valence-electron chi connectivity index (χ3n) is 8.36. The molecule has 1 amide bonds. The smallest absolute Gasteiger partial charge is 0.291 e. The summed E-state index contributed by atoms with van der Waals surface area (Å²) in [6, 6.07) is 3.54. The van der Waals surface area contributed by atoms with Gasteiger partial charge in [-0.15, -0.1) is 10.2 Å². The Balaban J connectivity index is 1.43. The van der Waals surface area contributed by atoms with E-state index in [0.717, 1.165) is 19.3 Å². The van der Waals surface area contributed by atoms with Crippen molar-refractivity contribution in [3.8, 4) is 16.9 Å². The summed E-state index contributed by atoms with van der Waals surface area (Å²) in [4.78, 5) is 21.8. The van der Waals surface area contributed by atoms with Crippen LogP contribution in [-0.4, -0.2) is 70.0 Å². The number of carbonyl (C=O) groups is 1. The summed E-state index contributed by atoms with van der Waals surface area (Å²) >= 11 is 0.689. The van der Waals surface area contributed by atoms with E-state index < -0.39 is 27.0 Å². The highest BCUT2D eigenvalue weighted by Crippen LogP contribution is 2.47. The number of carbonyl (C=O) groups excluding carboxylic acids is 1. The molecule has 4 heterocycles. The molecule has 3 aliphatic rings. The van der Waals surface area contributed by atoms with E-state index in [1.165, 1.54) is 10.6 Å². The number of alkyl halides is 2. The lowest BCUT2D eigenvalue weighted by Crippen LogP contribution is -2.57. The van der Waals surface area contributed by atoms with Crippen LogP contribution in [0, 0.1) is 22.7 Å². The number of nitrogens with zero attached hydrogens (tertiary/aromatic N) is 7. The van der Waals surface area contributed by atoms with Crippen LogP contribution < -0.4 is 9.62 Å². The van der Waals surface area contributed by atoms with Crippen LogP contribution in [0.3, 0.4) is 0 Å². The largest absolute Gasteiger partial charge is 0.366 e. The molecule has 6 rings (SSSR count). The van der Waals surface area contributed by atoms with Crippen molar-refractivity contribution < 1.29 is 22.0 Å². The number of rotatable bonds is 9. The summed E-state index contributed by atoms with van der Waals surface area (Å²) in [6.45, 7) is 7.68. The molecule has 1 atom stereocenters. The lowest BCUT2D eigenvalue weighted by Gasteiger charge is -2.44. The van der Waals surface area contributed by atoms with Crippen LogP contribution in [0.2, 0.25) is 0 Å². The molecule has 1 saturated heterocycles. The highest BCUT2D eigenvalue weighted by molar-refractivity contribution is 7.89. The van der Waals surface area contributed by atoms with Crippen molar-refractivity contribution in [2.24, 2.45) is 11.3 Å². The Hall–Kier alpha value is -3.22. The van der Waals surface area contributed by atoms with Crippen molar-refractivity contribution in [2.75, 3.05) is 24.5 Å². The fraction of sp³-hybridized carbons (Fsp3) is 0.593. The van der Waals surface area contributed by atoms with E-state index in [9.17, 15) is 27.3 Å². The number of sulfonamides is 1.